The summed E-state index contributed by atoms with van der Waals surface area (Å²) in [4.78, 5) is 91.6. The van der Waals surface area contributed by atoms with Crippen LogP contribution < -0.4 is 48.7 Å². The molecule has 3 aromatic carbocycles. The number of nitrogens with one attached hydrogen (secondary N) is 6. The van der Waals surface area contributed by atoms with Gasteiger partial charge in [-0.1, -0.05) is 74.0 Å². The first-order valence-electron chi connectivity index (χ1n) is 21.4. The molecule has 0 spiro atoms. The number of fused-ring (bicyclic) bond motifs is 2. The molecule has 0 radical (unpaired) electrons. The fourth-order valence-corrected chi connectivity index (χ4v) is 7.97. The summed E-state index contributed by atoms with van der Waals surface area (Å²) < 4.78 is 0. The minimum absolute atomic E-state index is 0.0347. The Morgan fingerprint density at radius 3 is 2.22 bits per heavy atom. The van der Waals surface area contributed by atoms with Gasteiger partial charge in [-0.15, -0.1) is 0 Å². The predicted octanol–water partition coefficient (Wildman–Crippen LogP) is 1.36. The fraction of sp³-hybridized carbons (Fsp3) is 0.413. The summed E-state index contributed by atoms with van der Waals surface area (Å²) in [5.41, 5.74) is 20.4. The van der Waals surface area contributed by atoms with Crippen LogP contribution in [0.25, 0.3) is 10.9 Å². The van der Waals surface area contributed by atoms with E-state index in [9.17, 15) is 28.8 Å². The first kappa shape index (κ1) is 47.1. The number of primary amides is 1. The van der Waals surface area contributed by atoms with E-state index in [1.807, 2.05) is 98.7 Å². The van der Waals surface area contributed by atoms with Crippen molar-refractivity contribution < 1.29 is 28.8 Å². The molecule has 5 rings (SSSR count). The number of para-hydroxylation sites is 1. The van der Waals surface area contributed by atoms with Gasteiger partial charge in [0, 0.05) is 69.1 Å². The number of aromatic nitrogens is 1. The van der Waals surface area contributed by atoms with Crippen LogP contribution in [0.5, 0.6) is 0 Å². The van der Waals surface area contributed by atoms with E-state index >= 15 is 0 Å². The normalized spacial score (nSPS) is 15.7. The number of nitrogens with zero attached hydrogens (tertiary/aromatic N) is 2. The van der Waals surface area contributed by atoms with Gasteiger partial charge < -0.3 is 53.7 Å². The van der Waals surface area contributed by atoms with Crippen LogP contribution in [0.4, 0.5) is 5.69 Å². The summed E-state index contributed by atoms with van der Waals surface area (Å²) in [6.07, 6.45) is 4.82. The summed E-state index contributed by atoms with van der Waals surface area (Å²) in [5, 5.41) is 15.0. The number of rotatable bonds is 22. The van der Waals surface area contributed by atoms with E-state index in [2.05, 4.69) is 36.6 Å². The molecule has 4 aromatic rings. The Hall–Kier alpha value is -6.91. The van der Waals surface area contributed by atoms with Crippen molar-refractivity contribution in [2.45, 2.75) is 94.8 Å². The molecule has 0 bridgehead atoms. The largest absolute Gasteiger partial charge is 0.377 e. The number of unbranched alkanes of at least 4 members (excludes halogenated alkanes) is 1. The molecule has 17 heteroatoms. The van der Waals surface area contributed by atoms with Gasteiger partial charge in [0.25, 0.3) is 0 Å². The number of hydrogen-bond donors (Lipinski definition) is 9. The molecule has 63 heavy (non-hydrogen) atoms. The Labute approximate surface area is 367 Å². The van der Waals surface area contributed by atoms with Gasteiger partial charge in [0.15, 0.2) is 5.96 Å². The highest BCUT2D eigenvalue weighted by atomic mass is 16.2. The number of carbonyl (C=O) groups is 6. The van der Waals surface area contributed by atoms with Gasteiger partial charge >= 0.3 is 0 Å². The van der Waals surface area contributed by atoms with Crippen molar-refractivity contribution in [3.8, 4) is 0 Å². The number of H-pyrrole nitrogens is 1. The van der Waals surface area contributed by atoms with Crippen molar-refractivity contribution in [1.82, 2.24) is 31.6 Å². The number of anilines is 1. The first-order valence-corrected chi connectivity index (χ1v) is 21.4. The second-order valence-electron chi connectivity index (χ2n) is 16.3. The SMILES string of the molecule is CCCCC(=O)N[C@]1(C(=O)N[C@H](Cc2ccccc2)C(=O)N[C@@H](CCCN=C(N)N)C(=O)N[C@@H](Cc2c[nH]c3ccccc23)C(=O)NCC(N)=O)CCc2c(cccc2N(C)C)C1. The van der Waals surface area contributed by atoms with Crippen LogP contribution in [-0.2, 0) is 54.5 Å². The van der Waals surface area contributed by atoms with Gasteiger partial charge in [-0.05, 0) is 66.5 Å². The van der Waals surface area contributed by atoms with Crippen molar-refractivity contribution in [1.29, 1.82) is 0 Å². The number of amides is 6. The van der Waals surface area contributed by atoms with Crippen LogP contribution in [0.15, 0.2) is 84.0 Å². The Morgan fingerprint density at radius 1 is 0.810 bits per heavy atom. The zero-order valence-electron chi connectivity index (χ0n) is 36.3. The van der Waals surface area contributed by atoms with E-state index in [4.69, 9.17) is 17.2 Å². The van der Waals surface area contributed by atoms with Crippen LogP contribution >= 0.6 is 0 Å². The summed E-state index contributed by atoms with van der Waals surface area (Å²) in [7, 11) is 3.92. The Kier molecular flexibility index (Phi) is 16.7. The standard InChI is InChI=1S/C46H61N11O6/c1-4-5-20-40(59)56-46(22-21-33-30(26-46)15-11-19-38(33)57(2)3)44(63)55-36(24-29-13-7-6-8-14-29)43(62)53-35(18-12-23-50-45(48)49)42(61)54-37(41(60)52-28-39(47)58)25-31-27-51-34-17-10-9-16-32(31)34/h6-11,13-17,19,27,35-37,51H,4-5,12,18,20-26,28H2,1-3H3,(H2,47,58)(H,52,60)(H,53,62)(H,54,61)(H,55,63)(H,56,59)(H4,48,49,50)/t35-,36+,37-,46+/m0/s1. The van der Waals surface area contributed by atoms with Crippen LogP contribution in [0.2, 0.25) is 0 Å². The molecule has 0 saturated heterocycles. The highest BCUT2D eigenvalue weighted by molar-refractivity contribution is 5.98. The monoisotopic (exact) mass is 863 g/mol. The minimum Gasteiger partial charge on any atom is -0.377 e. The van der Waals surface area contributed by atoms with Crippen molar-refractivity contribution >= 4 is 58.0 Å². The summed E-state index contributed by atoms with van der Waals surface area (Å²) in [5.74, 6) is -3.73. The van der Waals surface area contributed by atoms with Gasteiger partial charge in [-0.25, -0.2) is 0 Å². The number of aliphatic imine (C=N–C) groups is 1. The zero-order valence-corrected chi connectivity index (χ0v) is 36.3. The third-order valence-corrected chi connectivity index (χ3v) is 11.2. The molecule has 0 aliphatic heterocycles. The highest BCUT2D eigenvalue weighted by Crippen LogP contribution is 2.35. The molecule has 1 aliphatic carbocycles. The third-order valence-electron chi connectivity index (χ3n) is 11.2. The molecule has 1 aliphatic rings. The van der Waals surface area contributed by atoms with Crippen molar-refractivity contribution in [2.24, 2.45) is 22.2 Å². The molecule has 0 fully saturated rings. The lowest BCUT2D eigenvalue weighted by Gasteiger charge is -2.39. The number of aromatic amines is 1. The molecule has 1 heterocycles. The Balaban J connectivity index is 1.45. The van der Waals surface area contributed by atoms with Crippen molar-refractivity contribution in [3.63, 3.8) is 0 Å². The quantitative estimate of drug-likeness (QED) is 0.0313. The lowest BCUT2D eigenvalue weighted by atomic mass is 9.76. The molecular weight excluding hydrogens is 803 g/mol. The van der Waals surface area contributed by atoms with Crippen molar-refractivity contribution in [3.05, 3.63) is 101 Å². The first-order chi connectivity index (χ1) is 30.2. The Morgan fingerprint density at radius 2 is 1.51 bits per heavy atom. The van der Waals surface area contributed by atoms with Crippen LogP contribution in [0, 0.1) is 0 Å². The lowest BCUT2D eigenvalue weighted by molar-refractivity contribution is -0.137. The van der Waals surface area contributed by atoms with E-state index in [1.54, 1.807) is 6.20 Å². The molecule has 17 nitrogen and oxygen atoms in total. The van der Waals surface area contributed by atoms with Crippen molar-refractivity contribution in [2.75, 3.05) is 32.1 Å². The number of guanidine groups is 1. The second kappa shape index (κ2) is 22.3. The Bertz CT molecular complexity index is 2270. The lowest BCUT2D eigenvalue weighted by Crippen LogP contribution is -2.65. The molecule has 1 aromatic heterocycles. The zero-order chi connectivity index (χ0) is 45.5. The summed E-state index contributed by atoms with van der Waals surface area (Å²) in [6, 6.07) is 18.9. The van der Waals surface area contributed by atoms with Crippen LogP contribution in [0.1, 0.15) is 67.7 Å². The number of carbonyl (C=O) groups excluding carboxylic acids is 6. The van der Waals surface area contributed by atoms with E-state index in [0.29, 0.717) is 19.3 Å². The van der Waals surface area contributed by atoms with Gasteiger partial charge in [0.1, 0.15) is 23.7 Å². The molecule has 336 valence electrons. The van der Waals surface area contributed by atoms with E-state index in [1.165, 1.54) is 0 Å². The maximum Gasteiger partial charge on any atom is 0.246 e. The van der Waals surface area contributed by atoms with Gasteiger partial charge in [0.2, 0.25) is 35.4 Å². The van der Waals surface area contributed by atoms with E-state index in [0.717, 1.165) is 45.3 Å². The smallest absolute Gasteiger partial charge is 0.246 e. The average Bonchev–Trinajstić information content (AvgIpc) is 3.67. The molecule has 4 atom stereocenters. The second-order valence-corrected chi connectivity index (χ2v) is 16.3. The molecule has 0 unspecified atom stereocenters. The summed E-state index contributed by atoms with van der Waals surface area (Å²) >= 11 is 0. The highest BCUT2D eigenvalue weighted by Gasteiger charge is 2.44. The van der Waals surface area contributed by atoms with Crippen LogP contribution in [0.3, 0.4) is 0 Å². The third kappa shape index (κ3) is 13.0. The average molecular weight is 864 g/mol. The molecule has 12 N–H and O–H groups in total. The van der Waals surface area contributed by atoms with Gasteiger partial charge in [0.05, 0.1) is 6.54 Å². The van der Waals surface area contributed by atoms with Gasteiger partial charge in [-0.3, -0.25) is 33.8 Å². The van der Waals surface area contributed by atoms with E-state index < -0.39 is 59.7 Å². The maximum atomic E-state index is 14.8. The molecule has 6 amide bonds. The number of nitrogens with two attached hydrogens (primary N) is 3. The molecule has 0 saturated carbocycles. The topological polar surface area (TPSA) is 272 Å². The maximum absolute atomic E-state index is 14.8. The summed E-state index contributed by atoms with van der Waals surface area (Å²) in [6.45, 7) is 1.67. The minimum atomic E-state index is -1.37. The fourth-order valence-electron chi connectivity index (χ4n) is 7.97. The number of hydrogen-bond acceptors (Lipinski definition) is 8. The molecular formula is C46H61N11O6. The van der Waals surface area contributed by atoms with Crippen LogP contribution in [-0.4, -0.2) is 97.2 Å². The number of benzene rings is 3. The predicted molar refractivity (Wildman–Crippen MR) is 243 cm³/mol. The van der Waals surface area contributed by atoms with E-state index in [-0.39, 0.29) is 56.9 Å². The van der Waals surface area contributed by atoms with Gasteiger partial charge in [-0.2, -0.15) is 0 Å².